The first-order valence-electron chi connectivity index (χ1n) is 14.4. The van der Waals surface area contributed by atoms with Crippen molar-refractivity contribution in [2.24, 2.45) is 11.7 Å². The fraction of sp³-hybridized carbons (Fsp3) is 0.655. The lowest BCUT2D eigenvalue weighted by atomic mass is 9.99. The van der Waals surface area contributed by atoms with E-state index in [2.05, 4.69) is 10.6 Å². The van der Waals surface area contributed by atoms with Gasteiger partial charge in [0.1, 0.15) is 34.8 Å². The Morgan fingerprint density at radius 1 is 0.907 bits per heavy atom. The van der Waals surface area contributed by atoms with Gasteiger partial charge in [0.05, 0.1) is 6.61 Å². The molecule has 0 aliphatic rings. The Kier molecular flexibility index (Phi) is 17.5. The summed E-state index contributed by atoms with van der Waals surface area (Å²) in [5.41, 5.74) is 6.74. The molecule has 3 amide bonds. The zero-order valence-electron chi connectivity index (χ0n) is 24.9. The highest BCUT2D eigenvalue weighted by atomic mass is 35.5. The van der Waals surface area contributed by atoms with Gasteiger partial charge in [-0.3, -0.25) is 14.4 Å². The molecule has 1 aromatic rings. The average molecular weight is 650 g/mol. The van der Waals surface area contributed by atoms with Gasteiger partial charge in [-0.05, 0) is 49.3 Å². The minimum Gasteiger partial charge on any atom is -0.508 e. The van der Waals surface area contributed by atoms with Crippen LogP contribution in [0.1, 0.15) is 64.4 Å². The largest absolute Gasteiger partial charge is 0.508 e. The summed E-state index contributed by atoms with van der Waals surface area (Å²) < 4.78 is 0. The molecule has 0 aromatic heterocycles. The number of aromatic hydroxyl groups is 1. The second kappa shape index (κ2) is 19.6. The summed E-state index contributed by atoms with van der Waals surface area (Å²) in [4.78, 5) is 51.6. The number of carbonyl (C=O) groups excluding carboxylic acids is 3. The molecule has 5 atom stereocenters. The highest BCUT2D eigenvalue weighted by Crippen LogP contribution is 2.16. The Morgan fingerprint density at radius 3 is 1.98 bits per heavy atom. The van der Waals surface area contributed by atoms with E-state index in [4.69, 9.17) is 28.9 Å². The van der Waals surface area contributed by atoms with Crippen molar-refractivity contribution >= 4 is 46.9 Å². The maximum absolute atomic E-state index is 13.2. The van der Waals surface area contributed by atoms with Gasteiger partial charge in [-0.2, -0.15) is 0 Å². The smallest absolute Gasteiger partial charge is 0.326 e. The summed E-state index contributed by atoms with van der Waals surface area (Å²) in [6.07, 6.45) is 2.94. The van der Waals surface area contributed by atoms with Crippen molar-refractivity contribution < 1.29 is 39.6 Å². The van der Waals surface area contributed by atoms with Crippen LogP contribution in [0, 0.1) is 5.92 Å². The highest BCUT2D eigenvalue weighted by molar-refractivity contribution is 6.44. The van der Waals surface area contributed by atoms with Crippen molar-refractivity contribution in [3.8, 4) is 5.75 Å². The Bertz CT molecular complexity index is 1030. The monoisotopic (exact) mass is 648 g/mol. The number of amides is 3. The average Bonchev–Trinajstić information content (AvgIpc) is 2.94. The summed E-state index contributed by atoms with van der Waals surface area (Å²) in [6.45, 7) is 2.52. The number of carboxylic acids is 1. The third kappa shape index (κ3) is 13.7. The second-order valence-electron chi connectivity index (χ2n) is 11.0. The van der Waals surface area contributed by atoms with E-state index < -0.39 is 71.3 Å². The van der Waals surface area contributed by atoms with E-state index in [0.29, 0.717) is 25.7 Å². The fourth-order valence-electron chi connectivity index (χ4n) is 4.62. The van der Waals surface area contributed by atoms with Gasteiger partial charge in [-0.15, -0.1) is 23.2 Å². The molecule has 0 spiro atoms. The molecular weight excluding hydrogens is 603 g/mol. The standard InChI is InChI=1S/C29H46Cl2N4O8/c1-17(2)24(26(39)33-21(29(42)43)15-12-18-10-13-19(37)14-11-18)35(3)28(41)22(16-36)34-27(40)25(38)20(32)8-6-4-5-7-9-23(30)31/h10-11,13-14,17,20-25,36-38H,4-9,12,15-16,32H2,1-3H3,(H,33,39)(H,34,40)(H,42,43). The maximum Gasteiger partial charge on any atom is 0.326 e. The minimum absolute atomic E-state index is 0.0586. The molecule has 8 N–H and O–H groups in total. The van der Waals surface area contributed by atoms with E-state index >= 15 is 0 Å². The molecule has 0 saturated heterocycles. The first-order chi connectivity index (χ1) is 20.2. The van der Waals surface area contributed by atoms with Gasteiger partial charge in [0.25, 0.3) is 5.91 Å². The van der Waals surface area contributed by atoms with Crippen LogP contribution in [0.3, 0.4) is 0 Å². The predicted octanol–water partition coefficient (Wildman–Crippen LogP) is 1.69. The van der Waals surface area contributed by atoms with Crippen LogP contribution in [0.15, 0.2) is 24.3 Å². The number of aliphatic hydroxyl groups excluding tert-OH is 2. The number of nitrogens with two attached hydrogens (primary N) is 1. The lowest BCUT2D eigenvalue weighted by molar-refractivity contribution is -0.147. The van der Waals surface area contributed by atoms with Crippen molar-refractivity contribution in [1.82, 2.24) is 15.5 Å². The van der Waals surface area contributed by atoms with Crippen molar-refractivity contribution in [2.75, 3.05) is 13.7 Å². The summed E-state index contributed by atoms with van der Waals surface area (Å²) in [6, 6.07) is 1.49. The first kappa shape index (κ1) is 38.4. The number of rotatable bonds is 20. The van der Waals surface area contributed by atoms with E-state index in [-0.39, 0.29) is 12.2 Å². The van der Waals surface area contributed by atoms with Gasteiger partial charge >= 0.3 is 5.97 Å². The molecule has 12 nitrogen and oxygen atoms in total. The topological polar surface area (TPSA) is 203 Å². The number of aryl methyl sites for hydroxylation is 1. The number of phenolic OH excluding ortho intramolecular Hbond substituents is 1. The first-order valence-corrected chi connectivity index (χ1v) is 15.3. The van der Waals surface area contributed by atoms with E-state index in [1.54, 1.807) is 26.0 Å². The molecule has 1 rings (SSSR count). The van der Waals surface area contributed by atoms with Crippen molar-refractivity contribution in [3.63, 3.8) is 0 Å². The minimum atomic E-state index is -1.63. The van der Waals surface area contributed by atoms with Crippen LogP contribution in [0.5, 0.6) is 5.75 Å². The number of likely N-dealkylation sites (N-methyl/N-ethyl adjacent to an activating group) is 1. The second-order valence-corrected chi connectivity index (χ2v) is 12.3. The molecule has 0 heterocycles. The third-order valence-corrected chi connectivity index (χ3v) is 7.56. The number of hydrogen-bond acceptors (Lipinski definition) is 8. The molecule has 0 aliphatic carbocycles. The molecular formula is C29H46Cl2N4O8. The van der Waals surface area contributed by atoms with Gasteiger partial charge in [-0.1, -0.05) is 51.7 Å². The van der Waals surface area contributed by atoms with Crippen molar-refractivity contribution in [2.45, 2.75) is 100 Å². The Balaban J connectivity index is 2.78. The van der Waals surface area contributed by atoms with E-state index in [1.165, 1.54) is 19.2 Å². The molecule has 43 heavy (non-hydrogen) atoms. The Morgan fingerprint density at radius 2 is 1.47 bits per heavy atom. The number of aliphatic carboxylic acids is 1. The maximum atomic E-state index is 13.2. The quantitative estimate of drug-likeness (QED) is 0.0811. The number of halogens is 2. The summed E-state index contributed by atoms with van der Waals surface area (Å²) in [5, 5.41) is 44.2. The summed E-state index contributed by atoms with van der Waals surface area (Å²) in [7, 11) is 1.31. The van der Waals surface area contributed by atoms with E-state index in [1.807, 2.05) is 0 Å². The Hall–Kier alpha value is -2.64. The number of unbranched alkanes of at least 4 members (excludes halogenated alkanes) is 3. The molecule has 1 aromatic carbocycles. The van der Waals surface area contributed by atoms with Crippen LogP contribution >= 0.6 is 23.2 Å². The number of alkyl halides is 2. The predicted molar refractivity (Wildman–Crippen MR) is 164 cm³/mol. The number of aliphatic hydroxyl groups is 2. The van der Waals surface area contributed by atoms with Gasteiger partial charge in [-0.25, -0.2) is 4.79 Å². The number of nitrogens with zero attached hydrogens (tertiary/aromatic N) is 1. The zero-order chi connectivity index (χ0) is 32.7. The van der Waals surface area contributed by atoms with Crippen molar-refractivity contribution in [1.29, 1.82) is 0 Å². The summed E-state index contributed by atoms with van der Waals surface area (Å²) >= 11 is 11.4. The number of phenols is 1. The van der Waals surface area contributed by atoms with Gasteiger partial charge in [0.2, 0.25) is 11.8 Å². The zero-order valence-corrected chi connectivity index (χ0v) is 26.4. The lowest BCUT2D eigenvalue weighted by Gasteiger charge is -2.33. The number of benzene rings is 1. The molecule has 0 fully saturated rings. The fourth-order valence-corrected chi connectivity index (χ4v) is 4.93. The molecule has 244 valence electrons. The number of hydrogen-bond donors (Lipinski definition) is 7. The van der Waals surface area contributed by atoms with E-state index in [0.717, 1.165) is 29.7 Å². The Labute approximate surface area is 262 Å². The van der Waals surface area contributed by atoms with Crippen LogP contribution in [-0.4, -0.2) is 97.8 Å². The van der Waals surface area contributed by atoms with Crippen LogP contribution in [0.2, 0.25) is 0 Å². The SMILES string of the molecule is CC(C)C(C(=O)NC(CCc1ccc(O)cc1)C(=O)O)N(C)C(=O)C(CO)NC(=O)C(O)C(N)CCCCCCC(Cl)Cl. The normalized spacial score (nSPS) is 14.9. The van der Waals surface area contributed by atoms with Crippen LogP contribution in [0.25, 0.3) is 0 Å². The molecule has 0 bridgehead atoms. The van der Waals surface area contributed by atoms with Crippen LogP contribution < -0.4 is 16.4 Å². The van der Waals surface area contributed by atoms with Crippen LogP contribution in [0.4, 0.5) is 0 Å². The number of nitrogens with one attached hydrogen (secondary N) is 2. The molecule has 5 unspecified atom stereocenters. The van der Waals surface area contributed by atoms with E-state index in [9.17, 15) is 39.6 Å². The molecule has 0 radical (unpaired) electrons. The van der Waals surface area contributed by atoms with Gasteiger partial charge in [0.15, 0.2) is 0 Å². The van der Waals surface area contributed by atoms with Crippen molar-refractivity contribution in [3.05, 3.63) is 29.8 Å². The number of carbonyl (C=O) groups is 4. The molecule has 0 saturated carbocycles. The molecule has 14 heteroatoms. The molecule has 0 aliphatic heterocycles. The highest BCUT2D eigenvalue weighted by Gasteiger charge is 2.36. The van der Waals surface area contributed by atoms with Gasteiger partial charge in [0, 0.05) is 13.1 Å². The summed E-state index contributed by atoms with van der Waals surface area (Å²) in [5.74, 6) is -4.11. The lowest BCUT2D eigenvalue weighted by Crippen LogP contribution is -2.60. The number of carboxylic acid groups (broad SMARTS) is 1. The van der Waals surface area contributed by atoms with Gasteiger partial charge < -0.3 is 41.7 Å². The third-order valence-electron chi connectivity index (χ3n) is 7.12. The van der Waals surface area contributed by atoms with Crippen LogP contribution in [-0.2, 0) is 25.6 Å².